The van der Waals surface area contributed by atoms with Crippen LogP contribution in [0, 0.1) is 0 Å². The Labute approximate surface area is 108 Å². The molecule has 0 aromatic heterocycles. The van der Waals surface area contributed by atoms with Gasteiger partial charge in [-0.05, 0) is 26.8 Å². The van der Waals surface area contributed by atoms with Crippen LogP contribution in [-0.2, 0) is 0 Å². The molecule has 1 saturated heterocycles. The Morgan fingerprint density at radius 1 is 1.33 bits per heavy atom. The first-order valence-electron chi connectivity index (χ1n) is 6.41. The number of aromatic hydroxyl groups is 2. The summed E-state index contributed by atoms with van der Waals surface area (Å²) in [5.41, 5.74) is 0.921. The molecule has 4 nitrogen and oxygen atoms in total. The molecule has 100 valence electrons. The topological polar surface area (TPSA) is 55.7 Å². The number of piperazine rings is 1. The lowest BCUT2D eigenvalue weighted by Gasteiger charge is -2.46. The minimum atomic E-state index is 0.0575. The average molecular weight is 250 g/mol. The summed E-state index contributed by atoms with van der Waals surface area (Å²) in [5, 5.41) is 22.7. The van der Waals surface area contributed by atoms with Crippen molar-refractivity contribution in [3.63, 3.8) is 0 Å². The smallest absolute Gasteiger partial charge is 0.124 e. The molecule has 0 aliphatic carbocycles. The van der Waals surface area contributed by atoms with Crippen LogP contribution in [0.3, 0.4) is 0 Å². The number of nitrogens with zero attached hydrogens (tertiary/aromatic N) is 1. The molecular weight excluding hydrogens is 228 g/mol. The fraction of sp³-hybridized carbons (Fsp3) is 0.571. The molecule has 4 heteroatoms. The van der Waals surface area contributed by atoms with E-state index < -0.39 is 0 Å². The van der Waals surface area contributed by atoms with E-state index in [0.717, 1.165) is 25.2 Å². The van der Waals surface area contributed by atoms with Gasteiger partial charge in [0.05, 0.1) is 0 Å². The van der Waals surface area contributed by atoms with Crippen LogP contribution < -0.4 is 5.32 Å². The highest BCUT2D eigenvalue weighted by Gasteiger charge is 2.34. The lowest BCUT2D eigenvalue weighted by atomic mass is 9.94. The molecule has 1 heterocycles. The molecule has 3 N–H and O–H groups in total. The Bertz CT molecular complexity index is 432. The molecule has 1 fully saturated rings. The van der Waals surface area contributed by atoms with E-state index in [2.05, 4.69) is 31.0 Å². The normalized spacial score (nSPS) is 21.7. The Morgan fingerprint density at radius 2 is 2.06 bits per heavy atom. The van der Waals surface area contributed by atoms with E-state index in [0.29, 0.717) is 0 Å². The molecule has 0 spiro atoms. The average Bonchev–Trinajstić information content (AvgIpc) is 2.27. The lowest BCUT2D eigenvalue weighted by molar-refractivity contribution is 0.0507. The van der Waals surface area contributed by atoms with E-state index in [1.165, 1.54) is 6.07 Å². The Hall–Kier alpha value is -1.26. The van der Waals surface area contributed by atoms with Crippen molar-refractivity contribution in [2.45, 2.75) is 32.4 Å². The van der Waals surface area contributed by atoms with Gasteiger partial charge in [-0.2, -0.15) is 0 Å². The molecule has 1 unspecified atom stereocenters. The fourth-order valence-corrected chi connectivity index (χ4v) is 2.77. The third-order valence-electron chi connectivity index (χ3n) is 3.80. The second kappa shape index (κ2) is 4.78. The third kappa shape index (κ3) is 2.44. The van der Waals surface area contributed by atoms with E-state index in [-0.39, 0.29) is 23.1 Å². The number of phenolic OH excluding ortho intramolecular Hbond substituents is 2. The first-order chi connectivity index (χ1) is 8.42. The van der Waals surface area contributed by atoms with Crippen LogP contribution in [0.4, 0.5) is 0 Å². The van der Waals surface area contributed by atoms with E-state index in [1.54, 1.807) is 12.1 Å². The van der Waals surface area contributed by atoms with Crippen LogP contribution in [0.15, 0.2) is 18.2 Å². The van der Waals surface area contributed by atoms with Gasteiger partial charge in [-0.15, -0.1) is 0 Å². The van der Waals surface area contributed by atoms with Gasteiger partial charge < -0.3 is 15.5 Å². The highest BCUT2D eigenvalue weighted by molar-refractivity contribution is 5.40. The lowest BCUT2D eigenvalue weighted by Crippen LogP contribution is -2.58. The summed E-state index contributed by atoms with van der Waals surface area (Å²) in [6, 6.07) is 4.96. The number of rotatable bonds is 2. The van der Waals surface area contributed by atoms with Crippen molar-refractivity contribution in [3.8, 4) is 11.5 Å². The first kappa shape index (κ1) is 13.2. The van der Waals surface area contributed by atoms with Gasteiger partial charge in [0.1, 0.15) is 11.5 Å². The van der Waals surface area contributed by atoms with Gasteiger partial charge in [0.2, 0.25) is 0 Å². The molecule has 1 atom stereocenters. The number of nitrogens with one attached hydrogen (secondary N) is 1. The fourth-order valence-electron chi connectivity index (χ4n) is 2.77. The van der Waals surface area contributed by atoms with Gasteiger partial charge in [0, 0.05) is 42.8 Å². The SMILES string of the molecule is CC(c1ccc(O)cc1O)N1CCNCC1(C)C. The van der Waals surface area contributed by atoms with Crippen LogP contribution in [0.2, 0.25) is 0 Å². The molecule has 0 saturated carbocycles. The highest BCUT2D eigenvalue weighted by Crippen LogP contribution is 2.35. The van der Waals surface area contributed by atoms with E-state index in [1.807, 2.05) is 0 Å². The molecule has 1 aliphatic heterocycles. The highest BCUT2D eigenvalue weighted by atomic mass is 16.3. The summed E-state index contributed by atoms with van der Waals surface area (Å²) in [4.78, 5) is 2.38. The van der Waals surface area contributed by atoms with E-state index in [4.69, 9.17) is 0 Å². The summed E-state index contributed by atoms with van der Waals surface area (Å²) in [7, 11) is 0. The summed E-state index contributed by atoms with van der Waals surface area (Å²) in [6.45, 7) is 9.36. The van der Waals surface area contributed by atoms with Crippen molar-refractivity contribution >= 4 is 0 Å². The van der Waals surface area contributed by atoms with Gasteiger partial charge in [0.15, 0.2) is 0 Å². The predicted molar refractivity (Wildman–Crippen MR) is 71.8 cm³/mol. The van der Waals surface area contributed by atoms with Gasteiger partial charge in [-0.25, -0.2) is 0 Å². The van der Waals surface area contributed by atoms with Gasteiger partial charge in [-0.3, -0.25) is 4.90 Å². The molecular formula is C14H22N2O2. The molecule has 0 bridgehead atoms. The Kier molecular flexibility index (Phi) is 3.50. The molecule has 18 heavy (non-hydrogen) atoms. The quantitative estimate of drug-likeness (QED) is 0.749. The molecule has 1 aromatic carbocycles. The van der Waals surface area contributed by atoms with Crippen molar-refractivity contribution in [1.29, 1.82) is 0 Å². The van der Waals surface area contributed by atoms with Crippen molar-refractivity contribution < 1.29 is 10.2 Å². The Morgan fingerprint density at radius 3 is 2.67 bits per heavy atom. The zero-order valence-electron chi connectivity index (χ0n) is 11.3. The zero-order chi connectivity index (χ0) is 13.3. The largest absolute Gasteiger partial charge is 0.508 e. The maximum atomic E-state index is 9.96. The van der Waals surface area contributed by atoms with Crippen LogP contribution in [-0.4, -0.2) is 40.3 Å². The monoisotopic (exact) mass is 250 g/mol. The molecule has 0 amide bonds. The Balaban J connectivity index is 2.27. The summed E-state index contributed by atoms with van der Waals surface area (Å²) >= 11 is 0. The van der Waals surface area contributed by atoms with Crippen molar-refractivity contribution in [2.24, 2.45) is 0 Å². The number of hydrogen-bond acceptors (Lipinski definition) is 4. The van der Waals surface area contributed by atoms with Crippen molar-refractivity contribution in [3.05, 3.63) is 23.8 Å². The summed E-state index contributed by atoms with van der Waals surface area (Å²) in [5.74, 6) is 0.264. The van der Waals surface area contributed by atoms with E-state index >= 15 is 0 Å². The maximum absolute atomic E-state index is 9.96. The maximum Gasteiger partial charge on any atom is 0.124 e. The predicted octanol–water partition coefficient (Wildman–Crippen LogP) is 1.84. The van der Waals surface area contributed by atoms with Crippen molar-refractivity contribution in [2.75, 3.05) is 19.6 Å². The molecule has 2 rings (SSSR count). The minimum Gasteiger partial charge on any atom is -0.508 e. The number of benzene rings is 1. The minimum absolute atomic E-state index is 0.0575. The summed E-state index contributed by atoms with van der Waals surface area (Å²) < 4.78 is 0. The van der Waals surface area contributed by atoms with Gasteiger partial charge in [0.25, 0.3) is 0 Å². The van der Waals surface area contributed by atoms with E-state index in [9.17, 15) is 10.2 Å². The van der Waals surface area contributed by atoms with Crippen LogP contribution in [0.5, 0.6) is 11.5 Å². The second-order valence-corrected chi connectivity index (χ2v) is 5.60. The number of phenols is 2. The summed E-state index contributed by atoms with van der Waals surface area (Å²) in [6.07, 6.45) is 0. The number of hydrogen-bond donors (Lipinski definition) is 3. The van der Waals surface area contributed by atoms with Gasteiger partial charge >= 0.3 is 0 Å². The van der Waals surface area contributed by atoms with Crippen molar-refractivity contribution in [1.82, 2.24) is 10.2 Å². The first-order valence-corrected chi connectivity index (χ1v) is 6.41. The standard InChI is InChI=1S/C14H22N2O2/c1-10(12-5-4-11(17)8-13(12)18)16-7-6-15-9-14(16,2)3/h4-5,8,10,15,17-18H,6-7,9H2,1-3H3. The molecule has 0 radical (unpaired) electrons. The van der Waals surface area contributed by atoms with Crippen LogP contribution in [0.25, 0.3) is 0 Å². The van der Waals surface area contributed by atoms with Crippen LogP contribution in [0.1, 0.15) is 32.4 Å². The molecule has 1 aliphatic rings. The third-order valence-corrected chi connectivity index (χ3v) is 3.80. The van der Waals surface area contributed by atoms with Gasteiger partial charge in [-0.1, -0.05) is 6.07 Å². The second-order valence-electron chi connectivity index (χ2n) is 5.60. The zero-order valence-corrected chi connectivity index (χ0v) is 11.3. The van der Waals surface area contributed by atoms with Crippen LogP contribution >= 0.6 is 0 Å². The molecule has 1 aromatic rings.